The van der Waals surface area contributed by atoms with Crippen LogP contribution < -0.4 is 9.30 Å². The Labute approximate surface area is 146 Å². The van der Waals surface area contributed by atoms with Crippen molar-refractivity contribution in [1.82, 2.24) is 0 Å². The molecule has 2 heterocycles. The van der Waals surface area contributed by atoms with Crippen LogP contribution in [0.15, 0.2) is 84.9 Å². The fourth-order valence-corrected chi connectivity index (χ4v) is 3.66. The average Bonchev–Trinajstić information content (AvgIpc) is 3.07. The summed E-state index contributed by atoms with van der Waals surface area (Å²) in [4.78, 5) is 0. The molecule has 1 aliphatic heterocycles. The van der Waals surface area contributed by atoms with E-state index in [1.54, 1.807) is 0 Å². The van der Waals surface area contributed by atoms with Crippen LogP contribution in [0.25, 0.3) is 22.0 Å². The van der Waals surface area contributed by atoms with Gasteiger partial charge < -0.3 is 4.74 Å². The highest BCUT2D eigenvalue weighted by Gasteiger charge is 2.36. The van der Waals surface area contributed by atoms with Crippen molar-refractivity contribution < 1.29 is 9.30 Å². The molecule has 3 aromatic carbocycles. The van der Waals surface area contributed by atoms with Crippen molar-refractivity contribution in [3.8, 4) is 16.9 Å². The summed E-state index contributed by atoms with van der Waals surface area (Å²) in [7, 11) is 0. The Morgan fingerprint density at radius 3 is 2.28 bits per heavy atom. The number of ether oxygens (including phenoxy) is 1. The molecule has 4 aromatic rings. The zero-order chi connectivity index (χ0) is 16.8. The van der Waals surface area contributed by atoms with E-state index in [1.165, 1.54) is 27.7 Å². The van der Waals surface area contributed by atoms with Gasteiger partial charge in [-0.05, 0) is 41.5 Å². The smallest absolute Gasteiger partial charge is 0.330 e. The van der Waals surface area contributed by atoms with Gasteiger partial charge in [0.1, 0.15) is 0 Å². The molecule has 5 rings (SSSR count). The van der Waals surface area contributed by atoms with Crippen molar-refractivity contribution in [1.29, 1.82) is 0 Å². The van der Waals surface area contributed by atoms with Gasteiger partial charge >= 0.3 is 6.23 Å². The molecular weight excluding hydrogens is 306 g/mol. The highest BCUT2D eigenvalue weighted by molar-refractivity contribution is 5.82. The van der Waals surface area contributed by atoms with Gasteiger partial charge in [0, 0.05) is 13.0 Å². The number of aromatic nitrogens is 1. The standard InChI is InChI=1S/C23H18NO/c1-16-10-11-19-8-5-9-21-22(19)24(16)23(25-21)20-14-12-18(13-15-20)17-6-3-2-4-7-17/h2-15,23H,1H3/q+1. The van der Waals surface area contributed by atoms with Gasteiger partial charge in [-0.25, -0.2) is 0 Å². The average molecular weight is 324 g/mol. The predicted molar refractivity (Wildman–Crippen MR) is 99.5 cm³/mol. The van der Waals surface area contributed by atoms with Gasteiger partial charge in [-0.3, -0.25) is 0 Å². The Balaban J connectivity index is 1.59. The molecule has 0 radical (unpaired) electrons. The number of pyridine rings is 1. The van der Waals surface area contributed by atoms with Crippen LogP contribution in [0.4, 0.5) is 0 Å². The van der Waals surface area contributed by atoms with Gasteiger partial charge in [-0.1, -0.05) is 48.5 Å². The summed E-state index contributed by atoms with van der Waals surface area (Å²) in [6.07, 6.45) is -0.106. The number of aryl methyl sites for hydroxylation is 1. The van der Waals surface area contributed by atoms with Crippen LogP contribution in [0.1, 0.15) is 17.5 Å². The highest BCUT2D eigenvalue weighted by atomic mass is 16.5. The van der Waals surface area contributed by atoms with Crippen molar-refractivity contribution in [2.24, 2.45) is 0 Å². The maximum atomic E-state index is 6.30. The number of rotatable bonds is 2. The molecule has 120 valence electrons. The van der Waals surface area contributed by atoms with Crippen LogP contribution in [0.5, 0.6) is 5.75 Å². The lowest BCUT2D eigenvalue weighted by atomic mass is 10.0. The van der Waals surface area contributed by atoms with Crippen LogP contribution in [0.2, 0.25) is 0 Å². The SMILES string of the molecule is Cc1ccc2cccc3c2[n+]1C(c1ccc(-c2ccccc2)cc1)O3. The quantitative estimate of drug-likeness (QED) is 0.471. The molecule has 0 saturated heterocycles. The molecule has 0 bridgehead atoms. The third-order valence-corrected chi connectivity index (χ3v) is 4.93. The molecule has 0 amide bonds. The molecule has 2 heteroatoms. The largest absolute Gasteiger partial charge is 0.423 e. The molecule has 1 aromatic heterocycles. The maximum Gasteiger partial charge on any atom is 0.330 e. The summed E-state index contributed by atoms with van der Waals surface area (Å²) < 4.78 is 8.59. The first-order valence-corrected chi connectivity index (χ1v) is 8.57. The third-order valence-electron chi connectivity index (χ3n) is 4.93. The highest BCUT2D eigenvalue weighted by Crippen LogP contribution is 2.34. The number of benzene rings is 3. The van der Waals surface area contributed by atoms with E-state index in [9.17, 15) is 0 Å². The molecule has 0 saturated carbocycles. The molecule has 1 aliphatic rings. The van der Waals surface area contributed by atoms with E-state index in [-0.39, 0.29) is 6.23 Å². The normalized spacial score (nSPS) is 15.3. The lowest BCUT2D eigenvalue weighted by molar-refractivity contribution is -0.713. The number of hydrogen-bond donors (Lipinski definition) is 0. The Kier molecular flexibility index (Phi) is 3.10. The monoisotopic (exact) mass is 324 g/mol. The Morgan fingerprint density at radius 2 is 1.48 bits per heavy atom. The first-order valence-electron chi connectivity index (χ1n) is 8.57. The van der Waals surface area contributed by atoms with E-state index >= 15 is 0 Å². The molecule has 0 spiro atoms. The number of nitrogens with zero attached hydrogens (tertiary/aromatic N) is 1. The first kappa shape index (κ1) is 14.2. The summed E-state index contributed by atoms with van der Waals surface area (Å²) in [5.74, 6) is 0.957. The van der Waals surface area contributed by atoms with Gasteiger partial charge in [0.2, 0.25) is 0 Å². The third kappa shape index (κ3) is 2.22. The van der Waals surface area contributed by atoms with E-state index in [1.807, 2.05) is 6.07 Å². The molecule has 0 aliphatic carbocycles. The van der Waals surface area contributed by atoms with E-state index in [4.69, 9.17) is 4.74 Å². The second-order valence-corrected chi connectivity index (χ2v) is 6.50. The molecule has 2 nitrogen and oxygen atoms in total. The predicted octanol–water partition coefficient (Wildman–Crippen LogP) is 5.04. The second-order valence-electron chi connectivity index (χ2n) is 6.50. The Morgan fingerprint density at radius 1 is 0.720 bits per heavy atom. The minimum absolute atomic E-state index is 0.106. The van der Waals surface area contributed by atoms with Crippen molar-refractivity contribution >= 4 is 10.9 Å². The zero-order valence-corrected chi connectivity index (χ0v) is 14.0. The Bertz CT molecular complexity index is 1070. The van der Waals surface area contributed by atoms with Crippen LogP contribution >= 0.6 is 0 Å². The molecule has 0 fully saturated rings. The van der Waals surface area contributed by atoms with Gasteiger partial charge in [-0.2, -0.15) is 0 Å². The van der Waals surface area contributed by atoms with Gasteiger partial charge in [0.05, 0.1) is 10.9 Å². The lowest BCUT2D eigenvalue weighted by Gasteiger charge is -2.10. The zero-order valence-electron chi connectivity index (χ0n) is 14.0. The van der Waals surface area contributed by atoms with Crippen LogP contribution in [0.3, 0.4) is 0 Å². The van der Waals surface area contributed by atoms with E-state index < -0.39 is 0 Å². The van der Waals surface area contributed by atoms with E-state index in [2.05, 4.69) is 90.4 Å². The summed E-state index contributed by atoms with van der Waals surface area (Å²) >= 11 is 0. The van der Waals surface area contributed by atoms with Crippen LogP contribution in [-0.2, 0) is 0 Å². The molecule has 1 unspecified atom stereocenters. The topological polar surface area (TPSA) is 13.1 Å². The van der Waals surface area contributed by atoms with Crippen molar-refractivity contribution in [3.63, 3.8) is 0 Å². The summed E-state index contributed by atoms with van der Waals surface area (Å²) in [6, 6.07) is 29.7. The molecule has 1 atom stereocenters. The van der Waals surface area contributed by atoms with Crippen molar-refractivity contribution in [2.75, 3.05) is 0 Å². The van der Waals surface area contributed by atoms with E-state index in [0.29, 0.717) is 0 Å². The number of hydrogen-bond acceptors (Lipinski definition) is 1. The molecule has 25 heavy (non-hydrogen) atoms. The van der Waals surface area contributed by atoms with Gasteiger partial charge in [-0.15, -0.1) is 4.57 Å². The fourth-order valence-electron chi connectivity index (χ4n) is 3.66. The second kappa shape index (κ2) is 5.45. The fraction of sp³-hybridized carbons (Fsp3) is 0.0870. The summed E-state index contributed by atoms with van der Waals surface area (Å²) in [6.45, 7) is 2.14. The molecular formula is C23H18NO+. The minimum atomic E-state index is -0.106. The summed E-state index contributed by atoms with van der Waals surface area (Å²) in [5.41, 5.74) is 6.00. The number of para-hydroxylation sites is 1. The van der Waals surface area contributed by atoms with Crippen molar-refractivity contribution in [2.45, 2.75) is 13.2 Å². The first-order chi connectivity index (χ1) is 12.3. The van der Waals surface area contributed by atoms with E-state index in [0.717, 1.165) is 11.3 Å². The Hall–Kier alpha value is -3.13. The van der Waals surface area contributed by atoms with Gasteiger partial charge in [0.15, 0.2) is 11.4 Å². The summed E-state index contributed by atoms with van der Waals surface area (Å²) in [5, 5.41) is 1.21. The van der Waals surface area contributed by atoms with Crippen molar-refractivity contribution in [3.05, 3.63) is 96.2 Å². The lowest BCUT2D eigenvalue weighted by Crippen LogP contribution is -2.42. The van der Waals surface area contributed by atoms with Gasteiger partial charge in [0.25, 0.3) is 5.52 Å². The minimum Gasteiger partial charge on any atom is -0.423 e. The van der Waals surface area contributed by atoms with Crippen LogP contribution in [0, 0.1) is 6.92 Å². The maximum absolute atomic E-state index is 6.30. The van der Waals surface area contributed by atoms with Crippen LogP contribution in [-0.4, -0.2) is 0 Å². The molecule has 0 N–H and O–H groups in total.